The van der Waals surface area contributed by atoms with Gasteiger partial charge in [0.1, 0.15) is 5.75 Å². The fourth-order valence-corrected chi connectivity index (χ4v) is 3.12. The van der Waals surface area contributed by atoms with Crippen molar-refractivity contribution in [1.82, 2.24) is 4.72 Å². The highest BCUT2D eigenvalue weighted by atomic mass is 32.2. The summed E-state index contributed by atoms with van der Waals surface area (Å²) in [5, 5.41) is 2.57. The van der Waals surface area contributed by atoms with E-state index in [4.69, 9.17) is 9.47 Å². The smallest absolute Gasteiger partial charge is 0.240 e. The molecule has 0 aliphatic rings. The predicted octanol–water partition coefficient (Wildman–Crippen LogP) is 1.36. The molecule has 0 fully saturated rings. The summed E-state index contributed by atoms with van der Waals surface area (Å²) in [6, 6.07) is 3.95. The van der Waals surface area contributed by atoms with Crippen molar-refractivity contribution in [3.63, 3.8) is 0 Å². The van der Waals surface area contributed by atoms with Crippen molar-refractivity contribution in [2.75, 3.05) is 25.6 Å². The van der Waals surface area contributed by atoms with Crippen LogP contribution in [0, 0.1) is 0 Å². The van der Waals surface area contributed by atoms with Gasteiger partial charge in [-0.3, -0.25) is 4.79 Å². The van der Waals surface area contributed by atoms with Gasteiger partial charge in [0.2, 0.25) is 15.9 Å². The third-order valence-electron chi connectivity index (χ3n) is 2.64. The van der Waals surface area contributed by atoms with Crippen LogP contribution in [0.1, 0.15) is 20.8 Å². The number of amides is 1. The monoisotopic (exact) mass is 330 g/mol. The molecule has 0 unspecified atom stereocenters. The Bertz CT molecular complexity index is 616. The normalized spacial score (nSPS) is 12.7. The largest absolute Gasteiger partial charge is 0.492 e. The Kier molecular flexibility index (Phi) is 6.79. The molecule has 1 rings (SSSR count). The molecule has 0 bridgehead atoms. The minimum Gasteiger partial charge on any atom is -0.492 e. The summed E-state index contributed by atoms with van der Waals surface area (Å²) >= 11 is 0. The summed E-state index contributed by atoms with van der Waals surface area (Å²) in [7, 11) is -2.21. The first kappa shape index (κ1) is 18.4. The van der Waals surface area contributed by atoms with E-state index in [9.17, 15) is 13.2 Å². The number of anilines is 1. The van der Waals surface area contributed by atoms with Crippen LogP contribution in [0.25, 0.3) is 0 Å². The Balaban J connectivity index is 3.11. The van der Waals surface area contributed by atoms with Crippen LogP contribution < -0.4 is 14.8 Å². The van der Waals surface area contributed by atoms with E-state index in [1.165, 1.54) is 32.2 Å². The van der Waals surface area contributed by atoms with Gasteiger partial charge in [-0.1, -0.05) is 0 Å². The van der Waals surface area contributed by atoms with Crippen LogP contribution in [0.2, 0.25) is 0 Å². The molecule has 7 nitrogen and oxygen atoms in total. The molecule has 0 radical (unpaired) electrons. The molecule has 0 aliphatic heterocycles. The molecule has 0 saturated carbocycles. The quantitative estimate of drug-likeness (QED) is 0.750. The fraction of sp³-hybridized carbons (Fsp3) is 0.500. The second-order valence-electron chi connectivity index (χ2n) is 4.75. The first-order valence-electron chi connectivity index (χ1n) is 6.85. The molecular formula is C14H22N2O5S. The average Bonchev–Trinajstić information content (AvgIpc) is 2.39. The van der Waals surface area contributed by atoms with E-state index in [0.29, 0.717) is 18.0 Å². The summed E-state index contributed by atoms with van der Waals surface area (Å²) in [5.41, 5.74) is 0.316. The molecule has 8 heteroatoms. The molecule has 1 atom stereocenters. The summed E-state index contributed by atoms with van der Waals surface area (Å²) in [6.45, 7) is 5.51. The van der Waals surface area contributed by atoms with E-state index in [1.807, 2.05) is 0 Å². The summed E-state index contributed by atoms with van der Waals surface area (Å²) in [6.07, 6.45) is 0. The first-order chi connectivity index (χ1) is 10.3. The van der Waals surface area contributed by atoms with Crippen LogP contribution in [0.3, 0.4) is 0 Å². The van der Waals surface area contributed by atoms with E-state index in [2.05, 4.69) is 10.0 Å². The number of carbonyl (C=O) groups is 1. The minimum absolute atomic E-state index is 0.0441. The number of ether oxygens (including phenoxy) is 2. The molecule has 22 heavy (non-hydrogen) atoms. The van der Waals surface area contributed by atoms with Gasteiger partial charge in [0.05, 0.1) is 23.8 Å². The van der Waals surface area contributed by atoms with E-state index >= 15 is 0 Å². The molecule has 0 aliphatic carbocycles. The molecule has 1 aromatic carbocycles. The third-order valence-corrected chi connectivity index (χ3v) is 4.23. The zero-order valence-corrected chi connectivity index (χ0v) is 14.0. The van der Waals surface area contributed by atoms with Gasteiger partial charge in [0, 0.05) is 20.1 Å². The maximum atomic E-state index is 12.3. The zero-order chi connectivity index (χ0) is 16.8. The van der Waals surface area contributed by atoms with Crippen molar-refractivity contribution in [3.8, 4) is 5.75 Å². The lowest BCUT2D eigenvalue weighted by Gasteiger charge is -2.15. The van der Waals surface area contributed by atoms with Crippen molar-refractivity contribution in [1.29, 1.82) is 0 Å². The van der Waals surface area contributed by atoms with Crippen molar-refractivity contribution in [3.05, 3.63) is 18.2 Å². The van der Waals surface area contributed by atoms with Gasteiger partial charge in [-0.2, -0.15) is 0 Å². The van der Waals surface area contributed by atoms with Gasteiger partial charge >= 0.3 is 0 Å². The number of nitrogens with one attached hydrogen (secondary N) is 2. The third kappa shape index (κ3) is 5.28. The topological polar surface area (TPSA) is 93.7 Å². The Morgan fingerprint density at radius 2 is 2.05 bits per heavy atom. The number of rotatable bonds is 8. The number of carbonyl (C=O) groups excluding carboxylic acids is 1. The Morgan fingerprint density at radius 1 is 1.36 bits per heavy atom. The molecule has 1 amide bonds. The van der Waals surface area contributed by atoms with Crippen LogP contribution in [-0.2, 0) is 19.6 Å². The molecule has 1 aromatic rings. The maximum Gasteiger partial charge on any atom is 0.240 e. The molecule has 0 aromatic heterocycles. The summed E-state index contributed by atoms with van der Waals surface area (Å²) < 4.78 is 37.4. The van der Waals surface area contributed by atoms with Crippen molar-refractivity contribution in [2.45, 2.75) is 31.7 Å². The Morgan fingerprint density at radius 3 is 2.59 bits per heavy atom. The molecule has 2 N–H and O–H groups in total. The molecule has 0 saturated heterocycles. The van der Waals surface area contributed by atoms with E-state index in [0.717, 1.165) is 0 Å². The van der Waals surface area contributed by atoms with Gasteiger partial charge in [-0.15, -0.1) is 0 Å². The number of methoxy groups -OCH3 is 1. The van der Waals surface area contributed by atoms with Gasteiger partial charge in [-0.05, 0) is 32.0 Å². The second-order valence-corrected chi connectivity index (χ2v) is 6.46. The Labute approximate surface area is 131 Å². The number of benzene rings is 1. The SMILES string of the molecule is CCOc1ccc(S(=O)(=O)N[C@@H](C)COC)cc1NC(C)=O. The van der Waals surface area contributed by atoms with Crippen LogP contribution >= 0.6 is 0 Å². The summed E-state index contributed by atoms with van der Waals surface area (Å²) in [5.74, 6) is 0.109. The zero-order valence-electron chi connectivity index (χ0n) is 13.2. The molecule has 124 valence electrons. The highest BCUT2D eigenvalue weighted by Gasteiger charge is 2.19. The molecule has 0 spiro atoms. The summed E-state index contributed by atoms with van der Waals surface area (Å²) in [4.78, 5) is 11.3. The van der Waals surface area contributed by atoms with E-state index in [-0.39, 0.29) is 23.5 Å². The molecule has 0 heterocycles. The van der Waals surface area contributed by atoms with Gasteiger partial charge in [0.25, 0.3) is 0 Å². The van der Waals surface area contributed by atoms with Crippen molar-refractivity contribution >= 4 is 21.6 Å². The van der Waals surface area contributed by atoms with E-state index in [1.54, 1.807) is 13.8 Å². The lowest BCUT2D eigenvalue weighted by atomic mass is 10.3. The number of hydrogen-bond donors (Lipinski definition) is 2. The highest BCUT2D eigenvalue weighted by molar-refractivity contribution is 7.89. The van der Waals surface area contributed by atoms with E-state index < -0.39 is 10.0 Å². The van der Waals surface area contributed by atoms with Crippen molar-refractivity contribution in [2.24, 2.45) is 0 Å². The van der Waals surface area contributed by atoms with Crippen molar-refractivity contribution < 1.29 is 22.7 Å². The minimum atomic E-state index is -3.71. The second kappa shape index (κ2) is 8.11. The van der Waals surface area contributed by atoms with Gasteiger partial charge in [0.15, 0.2) is 0 Å². The van der Waals surface area contributed by atoms with Crippen LogP contribution in [-0.4, -0.2) is 40.7 Å². The number of hydrogen-bond acceptors (Lipinski definition) is 5. The molecular weight excluding hydrogens is 308 g/mol. The predicted molar refractivity (Wildman–Crippen MR) is 83.6 cm³/mol. The van der Waals surface area contributed by atoms with Gasteiger partial charge in [-0.25, -0.2) is 13.1 Å². The lowest BCUT2D eigenvalue weighted by molar-refractivity contribution is -0.114. The Hall–Kier alpha value is -1.64. The fourth-order valence-electron chi connectivity index (χ4n) is 1.86. The van der Waals surface area contributed by atoms with Crippen LogP contribution in [0.5, 0.6) is 5.75 Å². The van der Waals surface area contributed by atoms with Gasteiger partial charge < -0.3 is 14.8 Å². The maximum absolute atomic E-state index is 12.3. The lowest BCUT2D eigenvalue weighted by Crippen LogP contribution is -2.35. The highest BCUT2D eigenvalue weighted by Crippen LogP contribution is 2.28. The average molecular weight is 330 g/mol. The standard InChI is InChI=1S/C14H22N2O5S/c1-5-21-14-7-6-12(8-13(14)15-11(3)17)22(18,19)16-10(2)9-20-4/h6-8,10,16H,5,9H2,1-4H3,(H,15,17)/t10-/m0/s1. The van der Waals surface area contributed by atoms with Crippen LogP contribution in [0.15, 0.2) is 23.1 Å². The number of sulfonamides is 1. The van der Waals surface area contributed by atoms with Crippen LogP contribution in [0.4, 0.5) is 5.69 Å². The first-order valence-corrected chi connectivity index (χ1v) is 8.34.